The number of aryl methyl sites for hydroxylation is 2. The Morgan fingerprint density at radius 1 is 1.00 bits per heavy atom. The summed E-state index contributed by atoms with van der Waals surface area (Å²) in [5.74, 6) is -0.124. The molecule has 1 amide bonds. The molecule has 0 aliphatic carbocycles. The minimum atomic E-state index is -0.124. The van der Waals surface area contributed by atoms with Gasteiger partial charge in [-0.05, 0) is 43.7 Å². The number of imidazole rings is 1. The molecule has 0 fully saturated rings. The third-order valence-corrected chi connectivity index (χ3v) is 4.41. The van der Waals surface area contributed by atoms with Crippen LogP contribution >= 0.6 is 0 Å². The van der Waals surface area contributed by atoms with E-state index in [1.807, 2.05) is 91.3 Å². The van der Waals surface area contributed by atoms with Gasteiger partial charge in [0.25, 0.3) is 5.91 Å². The van der Waals surface area contributed by atoms with Crippen molar-refractivity contribution in [1.29, 1.82) is 0 Å². The zero-order chi connectivity index (χ0) is 18.1. The Bertz CT molecular complexity index is 1110. The van der Waals surface area contributed by atoms with Crippen molar-refractivity contribution < 1.29 is 4.79 Å². The summed E-state index contributed by atoms with van der Waals surface area (Å²) in [5, 5.41) is 3.02. The summed E-state index contributed by atoms with van der Waals surface area (Å²) in [4.78, 5) is 17.4. The maximum atomic E-state index is 12.6. The summed E-state index contributed by atoms with van der Waals surface area (Å²) < 4.78 is 2.00. The maximum absolute atomic E-state index is 12.6. The molecule has 2 aromatic carbocycles. The summed E-state index contributed by atoms with van der Waals surface area (Å²) in [6.07, 6.45) is 3.97. The van der Waals surface area contributed by atoms with Crippen LogP contribution in [0, 0.1) is 13.8 Å². The number of aromatic nitrogens is 2. The van der Waals surface area contributed by atoms with Crippen LogP contribution in [0.3, 0.4) is 0 Å². The van der Waals surface area contributed by atoms with Gasteiger partial charge in [0.15, 0.2) is 0 Å². The van der Waals surface area contributed by atoms with Crippen LogP contribution < -0.4 is 5.32 Å². The number of para-hydroxylation sites is 1. The van der Waals surface area contributed by atoms with Crippen LogP contribution in [0.25, 0.3) is 16.9 Å². The quantitative estimate of drug-likeness (QED) is 0.578. The molecule has 128 valence electrons. The highest BCUT2D eigenvalue weighted by molar-refractivity contribution is 6.06. The molecule has 4 rings (SSSR count). The van der Waals surface area contributed by atoms with Gasteiger partial charge in [0.2, 0.25) is 0 Å². The summed E-state index contributed by atoms with van der Waals surface area (Å²) in [6.45, 7) is 4.02. The smallest absolute Gasteiger partial charge is 0.255 e. The predicted octanol–water partition coefficient (Wildman–Crippen LogP) is 4.87. The fourth-order valence-electron chi connectivity index (χ4n) is 3.08. The number of nitrogens with one attached hydrogen (secondary N) is 1. The second-order valence-electron chi connectivity index (χ2n) is 6.42. The van der Waals surface area contributed by atoms with Crippen LogP contribution in [-0.2, 0) is 0 Å². The van der Waals surface area contributed by atoms with Crippen molar-refractivity contribution in [2.45, 2.75) is 13.8 Å². The molecule has 0 saturated heterocycles. The average Bonchev–Trinajstić information content (AvgIpc) is 3.08. The second kappa shape index (κ2) is 6.48. The summed E-state index contributed by atoms with van der Waals surface area (Å²) in [7, 11) is 0. The van der Waals surface area contributed by atoms with Crippen molar-refractivity contribution in [3.63, 3.8) is 0 Å². The molecule has 0 aliphatic heterocycles. The fourth-order valence-corrected chi connectivity index (χ4v) is 3.08. The minimum Gasteiger partial charge on any atom is -0.321 e. The molecule has 0 unspecified atom stereocenters. The highest BCUT2D eigenvalue weighted by atomic mass is 16.1. The minimum absolute atomic E-state index is 0.124. The van der Waals surface area contributed by atoms with Gasteiger partial charge in [-0.2, -0.15) is 0 Å². The molecular formula is C22H19N3O. The van der Waals surface area contributed by atoms with Gasteiger partial charge in [-0.1, -0.05) is 42.0 Å². The maximum Gasteiger partial charge on any atom is 0.255 e. The lowest BCUT2D eigenvalue weighted by atomic mass is 10.1. The lowest BCUT2D eigenvalue weighted by Gasteiger charge is -2.10. The molecular weight excluding hydrogens is 322 g/mol. The Morgan fingerprint density at radius 2 is 1.85 bits per heavy atom. The van der Waals surface area contributed by atoms with E-state index in [9.17, 15) is 4.79 Å². The van der Waals surface area contributed by atoms with E-state index in [2.05, 4.69) is 5.32 Å². The number of carbonyl (C=O) groups excluding carboxylic acids is 1. The van der Waals surface area contributed by atoms with Crippen LogP contribution in [0.15, 0.2) is 73.1 Å². The number of anilines is 1. The van der Waals surface area contributed by atoms with Gasteiger partial charge >= 0.3 is 0 Å². The van der Waals surface area contributed by atoms with Crippen LogP contribution in [0.4, 0.5) is 5.69 Å². The van der Waals surface area contributed by atoms with Crippen LogP contribution in [0.1, 0.15) is 21.5 Å². The normalized spacial score (nSPS) is 10.8. The standard InChI is InChI=1S/C22H19N3O/c1-15-7-5-9-17(13-15)22(26)24-19-11-4-3-10-18(19)20-14-25-12-6-8-16(2)21(25)23-20/h3-14H,1-2H3,(H,24,26). The van der Waals surface area contributed by atoms with Crippen molar-refractivity contribution in [2.75, 3.05) is 5.32 Å². The first-order valence-electron chi connectivity index (χ1n) is 8.53. The molecule has 4 nitrogen and oxygen atoms in total. The Morgan fingerprint density at radius 3 is 2.65 bits per heavy atom. The van der Waals surface area contributed by atoms with Crippen LogP contribution in [-0.4, -0.2) is 15.3 Å². The number of hydrogen-bond acceptors (Lipinski definition) is 2. The molecule has 0 bridgehead atoms. The number of amides is 1. The van der Waals surface area contributed by atoms with E-state index in [1.54, 1.807) is 0 Å². The van der Waals surface area contributed by atoms with Crippen LogP contribution in [0.2, 0.25) is 0 Å². The predicted molar refractivity (Wildman–Crippen MR) is 104 cm³/mol. The van der Waals surface area contributed by atoms with E-state index in [0.29, 0.717) is 5.56 Å². The van der Waals surface area contributed by atoms with Crippen molar-refractivity contribution >= 4 is 17.2 Å². The molecule has 2 heterocycles. The topological polar surface area (TPSA) is 46.4 Å². The number of nitrogens with zero attached hydrogens (tertiary/aromatic N) is 2. The van der Waals surface area contributed by atoms with Gasteiger partial charge in [-0.3, -0.25) is 4.79 Å². The average molecular weight is 341 g/mol. The Labute approximate surface area is 152 Å². The molecule has 0 saturated carbocycles. The third kappa shape index (κ3) is 2.97. The first-order valence-corrected chi connectivity index (χ1v) is 8.53. The number of benzene rings is 2. The Balaban J connectivity index is 1.72. The van der Waals surface area contributed by atoms with Gasteiger partial charge in [-0.25, -0.2) is 4.98 Å². The lowest BCUT2D eigenvalue weighted by molar-refractivity contribution is 0.102. The summed E-state index contributed by atoms with van der Waals surface area (Å²) >= 11 is 0. The molecule has 0 radical (unpaired) electrons. The number of fused-ring (bicyclic) bond motifs is 1. The van der Waals surface area contributed by atoms with Crippen molar-refractivity contribution in [3.8, 4) is 11.3 Å². The summed E-state index contributed by atoms with van der Waals surface area (Å²) in [5.41, 5.74) is 6.21. The molecule has 0 spiro atoms. The van der Waals surface area contributed by atoms with E-state index in [1.165, 1.54) is 0 Å². The highest BCUT2D eigenvalue weighted by Crippen LogP contribution is 2.28. The number of rotatable bonds is 3. The number of hydrogen-bond donors (Lipinski definition) is 1. The van der Waals surface area contributed by atoms with Gasteiger partial charge in [0.05, 0.1) is 11.4 Å². The zero-order valence-electron chi connectivity index (χ0n) is 14.7. The molecule has 1 N–H and O–H groups in total. The Kier molecular flexibility index (Phi) is 4.01. The monoisotopic (exact) mass is 341 g/mol. The highest BCUT2D eigenvalue weighted by Gasteiger charge is 2.13. The summed E-state index contributed by atoms with van der Waals surface area (Å²) in [6, 6.07) is 19.3. The van der Waals surface area contributed by atoms with Gasteiger partial charge < -0.3 is 9.72 Å². The second-order valence-corrected chi connectivity index (χ2v) is 6.42. The van der Waals surface area contributed by atoms with E-state index < -0.39 is 0 Å². The molecule has 2 aromatic heterocycles. The molecule has 4 aromatic rings. The van der Waals surface area contributed by atoms with E-state index in [-0.39, 0.29) is 5.91 Å². The van der Waals surface area contributed by atoms with Gasteiger partial charge in [0.1, 0.15) is 5.65 Å². The SMILES string of the molecule is Cc1cccc(C(=O)Nc2ccccc2-c2cn3cccc(C)c3n2)c1. The first-order chi connectivity index (χ1) is 12.6. The number of pyridine rings is 1. The Hall–Kier alpha value is -3.40. The van der Waals surface area contributed by atoms with Crippen molar-refractivity contribution in [2.24, 2.45) is 0 Å². The van der Waals surface area contributed by atoms with E-state index in [4.69, 9.17) is 4.98 Å². The zero-order valence-corrected chi connectivity index (χ0v) is 14.7. The fraction of sp³-hybridized carbons (Fsp3) is 0.0909. The lowest BCUT2D eigenvalue weighted by Crippen LogP contribution is -2.12. The van der Waals surface area contributed by atoms with Crippen LogP contribution in [0.5, 0.6) is 0 Å². The first kappa shape index (κ1) is 16.1. The third-order valence-electron chi connectivity index (χ3n) is 4.41. The number of carbonyl (C=O) groups is 1. The molecule has 0 atom stereocenters. The van der Waals surface area contributed by atoms with E-state index in [0.717, 1.165) is 33.7 Å². The van der Waals surface area contributed by atoms with Crippen molar-refractivity contribution in [1.82, 2.24) is 9.38 Å². The van der Waals surface area contributed by atoms with Gasteiger partial charge in [0, 0.05) is 23.5 Å². The van der Waals surface area contributed by atoms with Crippen molar-refractivity contribution in [3.05, 3.63) is 89.7 Å². The largest absolute Gasteiger partial charge is 0.321 e. The molecule has 26 heavy (non-hydrogen) atoms. The molecule has 0 aliphatic rings. The molecule has 4 heteroatoms. The van der Waals surface area contributed by atoms with E-state index >= 15 is 0 Å². The van der Waals surface area contributed by atoms with Gasteiger partial charge in [-0.15, -0.1) is 0 Å².